The van der Waals surface area contributed by atoms with Crippen molar-refractivity contribution < 1.29 is 23.6 Å². The van der Waals surface area contributed by atoms with Crippen molar-refractivity contribution >= 4 is 21.4 Å². The van der Waals surface area contributed by atoms with E-state index in [0.29, 0.717) is 12.8 Å². The third-order valence-corrected chi connectivity index (χ3v) is 6.92. The van der Waals surface area contributed by atoms with E-state index in [1.807, 2.05) is 0 Å². The predicted octanol–water partition coefficient (Wildman–Crippen LogP) is 9.26. The summed E-state index contributed by atoms with van der Waals surface area (Å²) < 4.78 is 15.9. The maximum atomic E-state index is 12.2. The van der Waals surface area contributed by atoms with E-state index < -0.39 is 6.10 Å². The molecule has 5 nitrogen and oxygen atoms in total. The number of hydrogen-bond donors (Lipinski definition) is 0. The highest BCUT2D eigenvalue weighted by atomic mass is 31.0. The van der Waals surface area contributed by atoms with Crippen molar-refractivity contribution in [1.29, 1.82) is 0 Å². The quantitative estimate of drug-likeness (QED) is 0.0573. The first-order valence-electron chi connectivity index (χ1n) is 15.3. The zero-order valence-electron chi connectivity index (χ0n) is 23.9. The zero-order valence-corrected chi connectivity index (χ0v) is 25.0. The summed E-state index contributed by atoms with van der Waals surface area (Å²) in [5.74, 6) is -0.451. The van der Waals surface area contributed by atoms with Gasteiger partial charge in [-0.05, 0) is 12.8 Å². The van der Waals surface area contributed by atoms with Gasteiger partial charge in [0, 0.05) is 22.3 Å². The molecule has 0 N–H and O–H groups in total. The van der Waals surface area contributed by atoms with Crippen molar-refractivity contribution in [2.24, 2.45) is 0 Å². The molecular weight excluding hydrogens is 471 g/mol. The van der Waals surface area contributed by atoms with E-state index in [9.17, 15) is 9.59 Å². The van der Waals surface area contributed by atoms with Gasteiger partial charge in [-0.15, -0.1) is 0 Å². The molecular formula is C30H59O5P. The van der Waals surface area contributed by atoms with Crippen LogP contribution in [0.4, 0.5) is 0 Å². The Bertz CT molecular complexity index is 486. The highest BCUT2D eigenvalue weighted by molar-refractivity contribution is 7.09. The van der Waals surface area contributed by atoms with Crippen molar-refractivity contribution in [3.8, 4) is 0 Å². The van der Waals surface area contributed by atoms with Crippen molar-refractivity contribution in [3.05, 3.63) is 0 Å². The van der Waals surface area contributed by atoms with Crippen LogP contribution in [0, 0.1) is 0 Å². The van der Waals surface area contributed by atoms with Crippen LogP contribution in [0.5, 0.6) is 0 Å². The van der Waals surface area contributed by atoms with Gasteiger partial charge in [-0.2, -0.15) is 0 Å². The molecule has 0 fully saturated rings. The average Bonchev–Trinajstić information content (AvgIpc) is 2.87. The topological polar surface area (TPSA) is 61.8 Å². The second-order valence-corrected chi connectivity index (χ2v) is 10.7. The first kappa shape index (κ1) is 35.3. The number of rotatable bonds is 28. The molecule has 0 rings (SSSR count). The summed E-state index contributed by atoms with van der Waals surface area (Å²) in [6.07, 6.45) is 26.4. The molecule has 1 unspecified atom stereocenters. The minimum Gasteiger partial charge on any atom is -0.462 e. The van der Waals surface area contributed by atoms with Crippen LogP contribution in [-0.2, 0) is 23.6 Å². The summed E-state index contributed by atoms with van der Waals surface area (Å²) in [7, 11) is 2.16. The lowest BCUT2D eigenvalue weighted by molar-refractivity contribution is -0.160. The molecule has 0 aromatic heterocycles. The fourth-order valence-electron chi connectivity index (χ4n) is 4.42. The van der Waals surface area contributed by atoms with E-state index >= 15 is 0 Å². The van der Waals surface area contributed by atoms with Crippen LogP contribution in [0.2, 0.25) is 0 Å². The molecule has 6 heteroatoms. The summed E-state index contributed by atoms with van der Waals surface area (Å²) >= 11 is 0. The van der Waals surface area contributed by atoms with Crippen molar-refractivity contribution in [3.63, 3.8) is 0 Å². The van der Waals surface area contributed by atoms with Crippen LogP contribution in [-0.4, -0.2) is 31.3 Å². The smallest absolute Gasteiger partial charge is 0.306 e. The number of unbranched alkanes of at least 4 members (excludes halogenated alkanes) is 19. The Morgan fingerprint density at radius 3 is 1.28 bits per heavy atom. The van der Waals surface area contributed by atoms with E-state index in [2.05, 4.69) is 23.3 Å². The molecule has 0 aromatic carbocycles. The summed E-state index contributed by atoms with van der Waals surface area (Å²) in [4.78, 5) is 24.2. The third kappa shape index (κ3) is 26.4. The predicted molar refractivity (Wildman–Crippen MR) is 154 cm³/mol. The minimum atomic E-state index is -0.542. The Morgan fingerprint density at radius 1 is 0.528 bits per heavy atom. The normalized spacial score (nSPS) is 12.0. The summed E-state index contributed by atoms with van der Waals surface area (Å²) in [5, 5.41) is 0. The molecule has 214 valence electrons. The molecule has 0 aliphatic carbocycles. The van der Waals surface area contributed by atoms with Gasteiger partial charge in [0.2, 0.25) is 0 Å². The molecule has 0 bridgehead atoms. The van der Waals surface area contributed by atoms with Gasteiger partial charge in [0.1, 0.15) is 6.61 Å². The molecule has 2 atom stereocenters. The fourth-order valence-corrected chi connectivity index (χ4v) is 4.63. The number of hydrogen-bond acceptors (Lipinski definition) is 5. The average molecular weight is 531 g/mol. The monoisotopic (exact) mass is 530 g/mol. The SMILES string of the molecule is CCCCCCCCCCCCCCC(=O)OC[C@H](COP)OC(=O)CCCCCCCCCCC. The van der Waals surface area contributed by atoms with Gasteiger partial charge in [0.25, 0.3) is 0 Å². The summed E-state index contributed by atoms with van der Waals surface area (Å²) in [6, 6.07) is 0. The van der Waals surface area contributed by atoms with Gasteiger partial charge in [0.15, 0.2) is 6.10 Å². The minimum absolute atomic E-state index is 0.0645. The standard InChI is InChI=1S/C30H59O5P/c1-3-5-7-9-11-13-14-15-17-18-20-22-24-29(31)33-26-28(27-34-36)35-30(32)25-23-21-19-16-12-10-8-6-4-2/h28H,3-27,36H2,1-2H3/t28-/m1/s1. The van der Waals surface area contributed by atoms with Crippen LogP contribution in [0.1, 0.15) is 162 Å². The molecule has 0 saturated heterocycles. The van der Waals surface area contributed by atoms with E-state index in [4.69, 9.17) is 14.0 Å². The Hall–Kier alpha value is -0.670. The Morgan fingerprint density at radius 2 is 0.889 bits per heavy atom. The molecule has 0 spiro atoms. The zero-order chi connectivity index (χ0) is 26.5. The highest BCUT2D eigenvalue weighted by Gasteiger charge is 2.17. The van der Waals surface area contributed by atoms with E-state index in [1.165, 1.54) is 109 Å². The molecule has 36 heavy (non-hydrogen) atoms. The van der Waals surface area contributed by atoms with Gasteiger partial charge in [-0.25, -0.2) is 0 Å². The molecule has 0 heterocycles. The largest absolute Gasteiger partial charge is 0.462 e. The first-order chi connectivity index (χ1) is 17.6. The van der Waals surface area contributed by atoms with Crippen molar-refractivity contribution in [1.82, 2.24) is 0 Å². The van der Waals surface area contributed by atoms with Gasteiger partial charge in [0.05, 0.1) is 6.61 Å². The molecule has 0 aliphatic heterocycles. The first-order valence-corrected chi connectivity index (χ1v) is 15.8. The van der Waals surface area contributed by atoms with Crippen molar-refractivity contribution in [2.45, 2.75) is 168 Å². The lowest BCUT2D eigenvalue weighted by Crippen LogP contribution is -2.28. The number of carbonyl (C=O) groups is 2. The lowest BCUT2D eigenvalue weighted by Gasteiger charge is -2.17. The van der Waals surface area contributed by atoms with Gasteiger partial charge in [-0.1, -0.05) is 136 Å². The van der Waals surface area contributed by atoms with Crippen LogP contribution >= 0.6 is 9.47 Å². The van der Waals surface area contributed by atoms with E-state index in [0.717, 1.165) is 25.7 Å². The van der Waals surface area contributed by atoms with Crippen LogP contribution in [0.3, 0.4) is 0 Å². The molecule has 0 aliphatic rings. The second-order valence-electron chi connectivity index (χ2n) is 10.3. The highest BCUT2D eigenvalue weighted by Crippen LogP contribution is 2.14. The molecule has 0 aromatic rings. The van der Waals surface area contributed by atoms with Gasteiger partial charge in [-0.3, -0.25) is 9.59 Å². The van der Waals surface area contributed by atoms with Crippen molar-refractivity contribution in [2.75, 3.05) is 13.2 Å². The maximum Gasteiger partial charge on any atom is 0.306 e. The Balaban J connectivity index is 3.68. The van der Waals surface area contributed by atoms with Crippen LogP contribution < -0.4 is 0 Å². The van der Waals surface area contributed by atoms with Crippen LogP contribution in [0.25, 0.3) is 0 Å². The van der Waals surface area contributed by atoms with E-state index in [1.54, 1.807) is 0 Å². The van der Waals surface area contributed by atoms with Gasteiger partial charge < -0.3 is 14.0 Å². The fraction of sp³-hybridized carbons (Fsp3) is 0.933. The van der Waals surface area contributed by atoms with Crippen LogP contribution in [0.15, 0.2) is 0 Å². The van der Waals surface area contributed by atoms with Gasteiger partial charge >= 0.3 is 11.9 Å². The number of esters is 2. The second kappa shape index (κ2) is 28.9. The number of carbonyl (C=O) groups excluding carboxylic acids is 2. The summed E-state index contributed by atoms with van der Waals surface area (Å²) in [5.41, 5.74) is 0. The Labute approximate surface area is 225 Å². The maximum absolute atomic E-state index is 12.2. The lowest BCUT2D eigenvalue weighted by atomic mass is 10.0. The third-order valence-electron chi connectivity index (χ3n) is 6.73. The molecule has 0 amide bonds. The molecule has 0 saturated carbocycles. The molecule has 0 radical (unpaired) electrons. The summed E-state index contributed by atoms with van der Waals surface area (Å²) in [6.45, 7) is 4.77. The number of ether oxygens (including phenoxy) is 2. The Kier molecular flexibility index (Phi) is 28.4. The van der Waals surface area contributed by atoms with E-state index in [-0.39, 0.29) is 25.2 Å².